The zero-order valence-corrected chi connectivity index (χ0v) is 14.4. The minimum absolute atomic E-state index is 0.129. The summed E-state index contributed by atoms with van der Waals surface area (Å²) in [6.45, 7) is 11.7. The minimum atomic E-state index is 0.129. The summed E-state index contributed by atoms with van der Waals surface area (Å²) in [5.41, 5.74) is 0. The van der Waals surface area contributed by atoms with E-state index in [1.165, 1.54) is 13.0 Å². The lowest BCUT2D eigenvalue weighted by Crippen LogP contribution is -2.55. The summed E-state index contributed by atoms with van der Waals surface area (Å²) in [6, 6.07) is 1.89. The normalized spacial score (nSPS) is 32.7. The lowest BCUT2D eigenvalue weighted by atomic mass is 9.88. The van der Waals surface area contributed by atoms with Crippen LogP contribution in [0.25, 0.3) is 0 Å². The van der Waals surface area contributed by atoms with Crippen molar-refractivity contribution in [1.82, 2.24) is 15.1 Å². The molecule has 21 heavy (non-hydrogen) atoms. The molecule has 4 heteroatoms. The number of carbonyl (C=O) groups is 1. The Morgan fingerprint density at radius 1 is 1.19 bits per heavy atom. The Morgan fingerprint density at radius 3 is 2.38 bits per heavy atom. The van der Waals surface area contributed by atoms with Gasteiger partial charge in [0.05, 0.1) is 0 Å². The van der Waals surface area contributed by atoms with Gasteiger partial charge in [-0.3, -0.25) is 4.79 Å². The third-order valence-electron chi connectivity index (χ3n) is 5.36. The van der Waals surface area contributed by atoms with E-state index in [0.717, 1.165) is 25.9 Å². The van der Waals surface area contributed by atoms with Crippen LogP contribution in [0.3, 0.4) is 0 Å². The molecule has 4 nitrogen and oxygen atoms in total. The Labute approximate surface area is 130 Å². The van der Waals surface area contributed by atoms with E-state index in [1.807, 2.05) is 18.7 Å². The number of nitrogens with one attached hydrogen (secondary N) is 1. The Hall–Kier alpha value is -0.610. The summed E-state index contributed by atoms with van der Waals surface area (Å²) in [7, 11) is 2.23. The Balaban J connectivity index is 1.79. The molecule has 2 rings (SSSR count). The summed E-state index contributed by atoms with van der Waals surface area (Å²) >= 11 is 0. The van der Waals surface area contributed by atoms with Gasteiger partial charge in [0.2, 0.25) is 5.91 Å². The van der Waals surface area contributed by atoms with Crippen LogP contribution in [0, 0.1) is 11.8 Å². The molecule has 2 aliphatic heterocycles. The van der Waals surface area contributed by atoms with Gasteiger partial charge in [-0.05, 0) is 39.2 Å². The standard InChI is InChI=1S/C17H33N3O/c1-12(2)17(21)20-8-6-15(7-9-20)18-16-10-14(4)19(5)11-13(16)3/h12-16,18H,6-11H2,1-5H3. The predicted octanol–water partition coefficient (Wildman–Crippen LogP) is 1.95. The van der Waals surface area contributed by atoms with Gasteiger partial charge in [-0.25, -0.2) is 0 Å². The first-order chi connectivity index (χ1) is 9.88. The van der Waals surface area contributed by atoms with Crippen molar-refractivity contribution < 1.29 is 4.79 Å². The van der Waals surface area contributed by atoms with E-state index in [9.17, 15) is 4.79 Å². The highest BCUT2D eigenvalue weighted by Gasteiger charge is 2.32. The molecule has 0 bridgehead atoms. The van der Waals surface area contributed by atoms with E-state index in [1.54, 1.807) is 0 Å². The smallest absolute Gasteiger partial charge is 0.225 e. The van der Waals surface area contributed by atoms with E-state index in [2.05, 4.69) is 31.1 Å². The molecule has 0 aliphatic carbocycles. The zero-order chi connectivity index (χ0) is 15.6. The molecule has 2 aliphatic rings. The van der Waals surface area contributed by atoms with Crippen LogP contribution in [0.1, 0.15) is 47.0 Å². The molecule has 0 aromatic heterocycles. The second-order valence-corrected chi connectivity index (χ2v) is 7.53. The summed E-state index contributed by atoms with van der Waals surface area (Å²) in [5.74, 6) is 1.15. The molecule has 2 heterocycles. The van der Waals surface area contributed by atoms with Crippen LogP contribution in [0.4, 0.5) is 0 Å². The molecule has 3 unspecified atom stereocenters. The van der Waals surface area contributed by atoms with Crippen molar-refractivity contribution in [3.05, 3.63) is 0 Å². The largest absolute Gasteiger partial charge is 0.342 e. The molecule has 2 saturated heterocycles. The summed E-state index contributed by atoms with van der Waals surface area (Å²) in [5, 5.41) is 3.88. The molecule has 0 saturated carbocycles. The second kappa shape index (κ2) is 7.10. The van der Waals surface area contributed by atoms with E-state index < -0.39 is 0 Å². The second-order valence-electron chi connectivity index (χ2n) is 7.53. The highest BCUT2D eigenvalue weighted by molar-refractivity contribution is 5.78. The molecule has 3 atom stereocenters. The maximum Gasteiger partial charge on any atom is 0.225 e. The first kappa shape index (κ1) is 16.8. The predicted molar refractivity (Wildman–Crippen MR) is 87.2 cm³/mol. The van der Waals surface area contributed by atoms with Gasteiger partial charge in [-0.15, -0.1) is 0 Å². The molecule has 1 amide bonds. The summed E-state index contributed by atoms with van der Waals surface area (Å²) < 4.78 is 0. The highest BCUT2D eigenvalue weighted by atomic mass is 16.2. The van der Waals surface area contributed by atoms with Gasteiger partial charge in [-0.1, -0.05) is 20.8 Å². The van der Waals surface area contributed by atoms with Crippen molar-refractivity contribution in [3.8, 4) is 0 Å². The van der Waals surface area contributed by atoms with E-state index in [-0.39, 0.29) is 5.92 Å². The van der Waals surface area contributed by atoms with E-state index >= 15 is 0 Å². The molecule has 122 valence electrons. The average molecular weight is 295 g/mol. The quantitative estimate of drug-likeness (QED) is 0.864. The Morgan fingerprint density at radius 2 is 1.81 bits per heavy atom. The van der Waals surface area contributed by atoms with Crippen molar-refractivity contribution in [1.29, 1.82) is 0 Å². The van der Waals surface area contributed by atoms with Crippen molar-refractivity contribution in [3.63, 3.8) is 0 Å². The van der Waals surface area contributed by atoms with Gasteiger partial charge in [0.1, 0.15) is 0 Å². The van der Waals surface area contributed by atoms with Crippen molar-refractivity contribution in [2.75, 3.05) is 26.7 Å². The van der Waals surface area contributed by atoms with Gasteiger partial charge in [0.15, 0.2) is 0 Å². The lowest BCUT2D eigenvalue weighted by Gasteiger charge is -2.43. The minimum Gasteiger partial charge on any atom is -0.342 e. The van der Waals surface area contributed by atoms with Crippen molar-refractivity contribution in [2.45, 2.75) is 65.1 Å². The zero-order valence-electron chi connectivity index (χ0n) is 14.4. The number of nitrogens with zero attached hydrogens (tertiary/aromatic N) is 2. The molecular formula is C17H33N3O. The van der Waals surface area contributed by atoms with Crippen molar-refractivity contribution in [2.24, 2.45) is 11.8 Å². The van der Waals surface area contributed by atoms with Gasteiger partial charge in [-0.2, -0.15) is 0 Å². The monoisotopic (exact) mass is 295 g/mol. The van der Waals surface area contributed by atoms with E-state index in [0.29, 0.717) is 30.0 Å². The average Bonchev–Trinajstić information content (AvgIpc) is 2.44. The first-order valence-corrected chi connectivity index (χ1v) is 8.63. The summed E-state index contributed by atoms with van der Waals surface area (Å²) in [6.07, 6.45) is 3.45. The number of carbonyl (C=O) groups excluding carboxylic acids is 1. The Bertz CT molecular complexity index is 350. The summed E-state index contributed by atoms with van der Waals surface area (Å²) in [4.78, 5) is 16.5. The maximum absolute atomic E-state index is 12.0. The van der Waals surface area contributed by atoms with Crippen LogP contribution in [0.15, 0.2) is 0 Å². The fourth-order valence-electron chi connectivity index (χ4n) is 3.71. The van der Waals surface area contributed by atoms with Crippen LogP contribution in [-0.2, 0) is 4.79 Å². The van der Waals surface area contributed by atoms with Crippen LogP contribution < -0.4 is 5.32 Å². The number of amides is 1. The number of rotatable bonds is 3. The van der Waals surface area contributed by atoms with E-state index in [4.69, 9.17) is 0 Å². The van der Waals surface area contributed by atoms with Gasteiger partial charge in [0, 0.05) is 43.7 Å². The third-order valence-corrected chi connectivity index (χ3v) is 5.36. The number of piperidine rings is 2. The van der Waals surface area contributed by atoms with Gasteiger partial charge in [0.25, 0.3) is 0 Å². The van der Waals surface area contributed by atoms with Gasteiger partial charge >= 0.3 is 0 Å². The number of likely N-dealkylation sites (tertiary alicyclic amines) is 2. The van der Waals surface area contributed by atoms with Crippen molar-refractivity contribution >= 4 is 5.91 Å². The van der Waals surface area contributed by atoms with Crippen LogP contribution in [0.5, 0.6) is 0 Å². The van der Waals surface area contributed by atoms with Crippen LogP contribution >= 0.6 is 0 Å². The molecule has 0 aromatic rings. The van der Waals surface area contributed by atoms with Gasteiger partial charge < -0.3 is 15.1 Å². The molecule has 0 aromatic carbocycles. The highest BCUT2D eigenvalue weighted by Crippen LogP contribution is 2.23. The fourth-order valence-corrected chi connectivity index (χ4v) is 3.71. The molecule has 0 radical (unpaired) electrons. The molecular weight excluding hydrogens is 262 g/mol. The number of hydrogen-bond donors (Lipinski definition) is 1. The van der Waals surface area contributed by atoms with Crippen LogP contribution in [0.2, 0.25) is 0 Å². The number of hydrogen-bond acceptors (Lipinski definition) is 3. The topological polar surface area (TPSA) is 35.6 Å². The Kier molecular flexibility index (Phi) is 5.67. The third kappa shape index (κ3) is 4.19. The lowest BCUT2D eigenvalue weighted by molar-refractivity contribution is -0.135. The maximum atomic E-state index is 12.0. The first-order valence-electron chi connectivity index (χ1n) is 8.63. The SMILES string of the molecule is CC(C)C(=O)N1CCC(NC2CC(C)N(C)CC2C)CC1. The molecule has 1 N–H and O–H groups in total. The van der Waals surface area contributed by atoms with Crippen LogP contribution in [-0.4, -0.2) is 60.5 Å². The molecule has 0 spiro atoms. The molecule has 2 fully saturated rings. The fraction of sp³-hybridized carbons (Fsp3) is 0.941.